The van der Waals surface area contributed by atoms with Crippen LogP contribution in [-0.2, 0) is 19.1 Å². The van der Waals surface area contributed by atoms with Crippen LogP contribution in [0.5, 0.6) is 0 Å². The summed E-state index contributed by atoms with van der Waals surface area (Å²) in [5.74, 6) is -0.428. The molecule has 0 fully saturated rings. The molecule has 0 heterocycles. The highest BCUT2D eigenvalue weighted by molar-refractivity contribution is 5.69. The van der Waals surface area contributed by atoms with Gasteiger partial charge in [-0.05, 0) is 26.7 Å². The van der Waals surface area contributed by atoms with Crippen LogP contribution in [0.3, 0.4) is 0 Å². The van der Waals surface area contributed by atoms with Crippen molar-refractivity contribution in [3.63, 3.8) is 0 Å². The van der Waals surface area contributed by atoms with Gasteiger partial charge >= 0.3 is 11.9 Å². The fourth-order valence-electron chi connectivity index (χ4n) is 0.891. The molecule has 0 saturated carbocycles. The predicted octanol–water partition coefficient (Wildman–Crippen LogP) is 2.02. The normalized spacial score (nSPS) is 10.9. The molecule has 0 aliphatic heterocycles. The van der Waals surface area contributed by atoms with Crippen molar-refractivity contribution in [1.29, 1.82) is 0 Å². The molecule has 5 heteroatoms. The molecule has 0 aliphatic carbocycles. The third-order valence-corrected chi connectivity index (χ3v) is 1.52. The van der Waals surface area contributed by atoms with Gasteiger partial charge in [0.25, 0.3) is 0 Å². The Morgan fingerprint density at radius 1 is 1.06 bits per heavy atom. The zero-order chi connectivity index (χ0) is 13.7. The van der Waals surface area contributed by atoms with Crippen molar-refractivity contribution in [3.05, 3.63) is 0 Å². The molecule has 0 spiro atoms. The van der Waals surface area contributed by atoms with Crippen LogP contribution in [0.2, 0.25) is 0 Å². The maximum absolute atomic E-state index is 10.5. The highest BCUT2D eigenvalue weighted by Gasteiger charge is 2.02. The first-order valence-corrected chi connectivity index (χ1v) is 6.00. The molecule has 1 atom stereocenters. The second kappa shape index (κ2) is 13.0. The van der Waals surface area contributed by atoms with E-state index in [1.165, 1.54) is 6.92 Å². The van der Waals surface area contributed by atoms with E-state index in [1.807, 2.05) is 20.8 Å². The van der Waals surface area contributed by atoms with Crippen LogP contribution in [0.25, 0.3) is 0 Å². The monoisotopic (exact) mass is 248 g/mol. The molecule has 5 nitrogen and oxygen atoms in total. The molecular formula is C12H24O5. The van der Waals surface area contributed by atoms with Gasteiger partial charge in [0.05, 0.1) is 6.61 Å². The van der Waals surface area contributed by atoms with Crippen molar-refractivity contribution in [3.8, 4) is 0 Å². The van der Waals surface area contributed by atoms with Crippen LogP contribution in [0, 0.1) is 0 Å². The van der Waals surface area contributed by atoms with E-state index in [1.54, 1.807) is 0 Å². The first-order chi connectivity index (χ1) is 7.97. The third-order valence-electron chi connectivity index (χ3n) is 1.52. The molecule has 102 valence electrons. The molecule has 17 heavy (non-hydrogen) atoms. The minimum atomic E-state index is -0.968. The molecule has 0 amide bonds. The zero-order valence-corrected chi connectivity index (χ0v) is 11.2. The highest BCUT2D eigenvalue weighted by atomic mass is 16.6. The lowest BCUT2D eigenvalue weighted by Gasteiger charge is -2.04. The second-order valence-corrected chi connectivity index (χ2v) is 3.39. The van der Waals surface area contributed by atoms with Gasteiger partial charge in [-0.25, -0.2) is 0 Å². The van der Waals surface area contributed by atoms with E-state index in [4.69, 9.17) is 5.11 Å². The number of aliphatic hydroxyl groups excluding tert-OH is 1. The molecule has 0 bridgehead atoms. The Balaban J connectivity index is 0. The van der Waals surface area contributed by atoms with Crippen molar-refractivity contribution in [2.45, 2.75) is 59.7 Å². The summed E-state index contributed by atoms with van der Waals surface area (Å²) >= 11 is 0. The minimum Gasteiger partial charge on any atom is -0.466 e. The van der Waals surface area contributed by atoms with Crippen LogP contribution >= 0.6 is 0 Å². The molecule has 1 unspecified atom stereocenters. The number of esters is 2. The summed E-state index contributed by atoms with van der Waals surface area (Å²) in [6.07, 6.45) is 1.59. The number of rotatable bonds is 6. The van der Waals surface area contributed by atoms with Gasteiger partial charge in [0.15, 0.2) is 6.29 Å². The van der Waals surface area contributed by atoms with E-state index in [0.29, 0.717) is 19.4 Å². The molecule has 0 aromatic carbocycles. The van der Waals surface area contributed by atoms with Crippen molar-refractivity contribution in [2.24, 2.45) is 0 Å². The van der Waals surface area contributed by atoms with E-state index in [-0.39, 0.29) is 11.9 Å². The number of hydrogen-bond acceptors (Lipinski definition) is 5. The Morgan fingerprint density at radius 3 is 1.88 bits per heavy atom. The Morgan fingerprint density at radius 2 is 1.53 bits per heavy atom. The van der Waals surface area contributed by atoms with Crippen molar-refractivity contribution in [2.75, 3.05) is 6.61 Å². The summed E-state index contributed by atoms with van der Waals surface area (Å²) in [7, 11) is 0. The first-order valence-electron chi connectivity index (χ1n) is 6.00. The van der Waals surface area contributed by atoms with Gasteiger partial charge in [-0.2, -0.15) is 0 Å². The van der Waals surface area contributed by atoms with E-state index in [9.17, 15) is 9.59 Å². The van der Waals surface area contributed by atoms with Crippen molar-refractivity contribution >= 4 is 11.9 Å². The summed E-state index contributed by atoms with van der Waals surface area (Å²) < 4.78 is 9.05. The predicted molar refractivity (Wildman–Crippen MR) is 64.2 cm³/mol. The molecule has 0 aromatic rings. The molecule has 0 radical (unpaired) electrons. The largest absolute Gasteiger partial charge is 0.466 e. The molecule has 0 aliphatic rings. The smallest absolute Gasteiger partial charge is 0.308 e. The molecular weight excluding hydrogens is 224 g/mol. The van der Waals surface area contributed by atoms with Gasteiger partial charge in [0.2, 0.25) is 0 Å². The lowest BCUT2D eigenvalue weighted by atomic mass is 10.3. The molecule has 0 aromatic heterocycles. The quantitative estimate of drug-likeness (QED) is 0.575. The van der Waals surface area contributed by atoms with Gasteiger partial charge in [-0.1, -0.05) is 13.8 Å². The fraction of sp³-hybridized carbons (Fsp3) is 0.833. The Kier molecular flexibility index (Phi) is 13.9. The van der Waals surface area contributed by atoms with Gasteiger partial charge in [-0.15, -0.1) is 0 Å². The standard InChI is InChI=1S/C6H12O3.C6H12O2/c1-3-4-6(8)9-5(2)7;1-3-5-6(7)8-4-2/h5,7H,3-4H2,1-2H3;3-5H2,1-2H3. The lowest BCUT2D eigenvalue weighted by Crippen LogP contribution is -2.12. The summed E-state index contributed by atoms with van der Waals surface area (Å²) in [5.41, 5.74) is 0. The van der Waals surface area contributed by atoms with Crippen LogP contribution in [0.4, 0.5) is 0 Å². The van der Waals surface area contributed by atoms with Crippen LogP contribution in [0.15, 0.2) is 0 Å². The first kappa shape index (κ1) is 18.3. The van der Waals surface area contributed by atoms with Crippen LogP contribution in [-0.4, -0.2) is 29.9 Å². The minimum absolute atomic E-state index is 0.0880. The van der Waals surface area contributed by atoms with Crippen LogP contribution < -0.4 is 0 Å². The highest BCUT2D eigenvalue weighted by Crippen LogP contribution is 1.93. The third kappa shape index (κ3) is 17.5. The summed E-state index contributed by atoms with van der Waals surface area (Å²) in [6, 6.07) is 0. The maximum atomic E-state index is 10.5. The average molecular weight is 248 g/mol. The summed E-state index contributed by atoms with van der Waals surface area (Å²) in [4.78, 5) is 20.9. The number of ether oxygens (including phenoxy) is 2. The van der Waals surface area contributed by atoms with Gasteiger partial charge in [0.1, 0.15) is 0 Å². The fourth-order valence-corrected chi connectivity index (χ4v) is 0.891. The van der Waals surface area contributed by atoms with Crippen molar-refractivity contribution < 1.29 is 24.2 Å². The lowest BCUT2D eigenvalue weighted by molar-refractivity contribution is -0.164. The summed E-state index contributed by atoms with van der Waals surface area (Å²) in [5, 5.41) is 8.51. The van der Waals surface area contributed by atoms with Crippen LogP contribution in [0.1, 0.15) is 53.4 Å². The van der Waals surface area contributed by atoms with Crippen molar-refractivity contribution in [1.82, 2.24) is 0 Å². The van der Waals surface area contributed by atoms with E-state index < -0.39 is 6.29 Å². The van der Waals surface area contributed by atoms with Gasteiger partial charge in [0, 0.05) is 12.8 Å². The Bertz CT molecular complexity index is 193. The maximum Gasteiger partial charge on any atom is 0.308 e. The van der Waals surface area contributed by atoms with Gasteiger partial charge < -0.3 is 14.6 Å². The van der Waals surface area contributed by atoms with Gasteiger partial charge in [-0.3, -0.25) is 9.59 Å². The number of hydrogen-bond donors (Lipinski definition) is 1. The van der Waals surface area contributed by atoms with E-state index in [0.717, 1.165) is 12.8 Å². The number of aliphatic hydroxyl groups is 1. The van der Waals surface area contributed by atoms with E-state index in [2.05, 4.69) is 9.47 Å². The number of carbonyl (C=O) groups is 2. The zero-order valence-electron chi connectivity index (χ0n) is 11.2. The second-order valence-electron chi connectivity index (χ2n) is 3.39. The topological polar surface area (TPSA) is 72.8 Å². The van der Waals surface area contributed by atoms with E-state index >= 15 is 0 Å². The molecule has 0 rings (SSSR count). The SMILES string of the molecule is CCCC(=O)OC(C)O.CCCC(=O)OCC. The summed E-state index contributed by atoms with van der Waals surface area (Å²) in [6.45, 7) is 7.56. The number of carbonyl (C=O) groups excluding carboxylic acids is 2. The molecule has 1 N–H and O–H groups in total. The average Bonchev–Trinajstić information content (AvgIpc) is 2.18. The Hall–Kier alpha value is -1.10. The molecule has 0 saturated heterocycles. The Labute approximate surface area is 103 Å².